The fourth-order valence-electron chi connectivity index (χ4n) is 2.22. The molecule has 0 radical (unpaired) electrons. The lowest BCUT2D eigenvalue weighted by Crippen LogP contribution is -2.31. The van der Waals surface area contributed by atoms with E-state index in [9.17, 15) is 9.50 Å². The van der Waals surface area contributed by atoms with E-state index >= 15 is 0 Å². The summed E-state index contributed by atoms with van der Waals surface area (Å²) < 4.78 is 19.0. The van der Waals surface area contributed by atoms with Crippen molar-refractivity contribution in [1.82, 2.24) is 4.90 Å². The van der Waals surface area contributed by atoms with E-state index in [0.717, 1.165) is 12.2 Å². The molecule has 0 saturated heterocycles. The Hall–Kier alpha value is -0.780. The van der Waals surface area contributed by atoms with Crippen molar-refractivity contribution in [2.75, 3.05) is 32.7 Å². The Morgan fingerprint density at radius 3 is 2.71 bits per heavy atom. The molecule has 0 aliphatic carbocycles. The topological polar surface area (TPSA) is 32.7 Å². The molecule has 0 bridgehead atoms. The third-order valence-electron chi connectivity index (χ3n) is 3.81. The highest BCUT2D eigenvalue weighted by Gasteiger charge is 2.19. The minimum Gasteiger partial charge on any atom is -0.496 e. The molecule has 0 saturated carbocycles. The second-order valence-corrected chi connectivity index (χ2v) is 6.26. The van der Waals surface area contributed by atoms with Gasteiger partial charge in [0.2, 0.25) is 0 Å². The molecule has 0 fully saturated rings. The maximum atomic E-state index is 13.9. The van der Waals surface area contributed by atoms with Crippen molar-refractivity contribution < 1.29 is 14.2 Å². The summed E-state index contributed by atoms with van der Waals surface area (Å²) in [6, 6.07) is 5.06. The van der Waals surface area contributed by atoms with E-state index in [1.54, 1.807) is 12.1 Å². The standard InChI is InChI=1S/C16H26FNO2S/c1-12(9-11-21-4)18(2)10-8-14(19)16-13(17)6-5-7-15(16)20-3/h5-7,12,14,19H,8-11H2,1-4H3. The van der Waals surface area contributed by atoms with E-state index in [0.29, 0.717) is 24.8 Å². The molecule has 0 amide bonds. The summed E-state index contributed by atoms with van der Waals surface area (Å²) in [5.41, 5.74) is 0.255. The van der Waals surface area contributed by atoms with Crippen LogP contribution in [0.4, 0.5) is 4.39 Å². The van der Waals surface area contributed by atoms with Gasteiger partial charge in [-0.3, -0.25) is 0 Å². The van der Waals surface area contributed by atoms with E-state index in [4.69, 9.17) is 4.74 Å². The van der Waals surface area contributed by atoms with Gasteiger partial charge in [-0.2, -0.15) is 11.8 Å². The van der Waals surface area contributed by atoms with Crippen molar-refractivity contribution in [3.8, 4) is 5.75 Å². The number of nitrogens with zero attached hydrogens (tertiary/aromatic N) is 1. The zero-order valence-electron chi connectivity index (χ0n) is 13.3. The molecular formula is C16H26FNO2S. The van der Waals surface area contributed by atoms with Crippen LogP contribution in [0.2, 0.25) is 0 Å². The van der Waals surface area contributed by atoms with Gasteiger partial charge in [0.1, 0.15) is 11.6 Å². The van der Waals surface area contributed by atoms with Crippen molar-refractivity contribution in [3.05, 3.63) is 29.6 Å². The van der Waals surface area contributed by atoms with Crippen LogP contribution >= 0.6 is 11.8 Å². The maximum absolute atomic E-state index is 13.9. The normalized spacial score (nSPS) is 14.2. The molecule has 1 aromatic rings. The average Bonchev–Trinajstić information content (AvgIpc) is 2.49. The third-order valence-corrected chi connectivity index (χ3v) is 4.46. The minimum absolute atomic E-state index is 0.255. The molecule has 0 aliphatic heterocycles. The number of methoxy groups -OCH3 is 1. The Balaban J connectivity index is 2.59. The van der Waals surface area contributed by atoms with Gasteiger partial charge in [-0.25, -0.2) is 4.39 Å². The van der Waals surface area contributed by atoms with Crippen molar-refractivity contribution in [3.63, 3.8) is 0 Å². The molecule has 120 valence electrons. The second-order valence-electron chi connectivity index (χ2n) is 5.27. The quantitative estimate of drug-likeness (QED) is 0.758. The van der Waals surface area contributed by atoms with E-state index < -0.39 is 11.9 Å². The van der Waals surface area contributed by atoms with E-state index in [-0.39, 0.29) is 5.56 Å². The Bertz CT molecular complexity index is 431. The fourth-order valence-corrected chi connectivity index (χ4v) is 2.79. The van der Waals surface area contributed by atoms with E-state index in [2.05, 4.69) is 18.1 Å². The molecule has 1 rings (SSSR count). The van der Waals surface area contributed by atoms with Gasteiger partial charge in [0, 0.05) is 12.6 Å². The van der Waals surface area contributed by atoms with Gasteiger partial charge in [-0.15, -0.1) is 0 Å². The van der Waals surface area contributed by atoms with Gasteiger partial charge >= 0.3 is 0 Å². The van der Waals surface area contributed by atoms with Crippen LogP contribution in [-0.2, 0) is 0 Å². The van der Waals surface area contributed by atoms with Crippen LogP contribution in [0.25, 0.3) is 0 Å². The Morgan fingerprint density at radius 1 is 1.38 bits per heavy atom. The van der Waals surface area contributed by atoms with E-state index in [1.807, 2.05) is 18.8 Å². The highest BCUT2D eigenvalue weighted by atomic mass is 32.2. The Morgan fingerprint density at radius 2 is 2.10 bits per heavy atom. The zero-order valence-corrected chi connectivity index (χ0v) is 14.1. The monoisotopic (exact) mass is 315 g/mol. The predicted molar refractivity (Wildman–Crippen MR) is 87.6 cm³/mol. The first-order chi connectivity index (χ1) is 10.0. The van der Waals surface area contributed by atoms with Crippen LogP contribution in [-0.4, -0.2) is 48.8 Å². The molecule has 0 aromatic heterocycles. The van der Waals surface area contributed by atoms with Crippen LogP contribution in [0.1, 0.15) is 31.4 Å². The lowest BCUT2D eigenvalue weighted by molar-refractivity contribution is 0.132. The number of hydrogen-bond donors (Lipinski definition) is 1. The number of aliphatic hydroxyl groups excluding tert-OH is 1. The number of benzene rings is 1. The molecule has 0 spiro atoms. The molecule has 2 unspecified atom stereocenters. The highest BCUT2D eigenvalue weighted by molar-refractivity contribution is 7.98. The lowest BCUT2D eigenvalue weighted by Gasteiger charge is -2.26. The summed E-state index contributed by atoms with van der Waals surface area (Å²) >= 11 is 1.83. The molecule has 0 aliphatic rings. The van der Waals surface area contributed by atoms with Crippen LogP contribution < -0.4 is 4.74 Å². The van der Waals surface area contributed by atoms with Crippen molar-refractivity contribution in [1.29, 1.82) is 0 Å². The van der Waals surface area contributed by atoms with Gasteiger partial charge in [-0.05, 0) is 51.0 Å². The number of rotatable bonds is 9. The summed E-state index contributed by atoms with van der Waals surface area (Å²) in [4.78, 5) is 2.20. The van der Waals surface area contributed by atoms with Gasteiger partial charge in [-0.1, -0.05) is 6.07 Å². The molecule has 1 aromatic carbocycles. The summed E-state index contributed by atoms with van der Waals surface area (Å²) in [6.07, 6.45) is 2.84. The van der Waals surface area contributed by atoms with Crippen molar-refractivity contribution in [2.45, 2.75) is 31.9 Å². The number of hydrogen-bond acceptors (Lipinski definition) is 4. The second kappa shape index (κ2) is 9.28. The van der Waals surface area contributed by atoms with Crippen LogP contribution in [0.5, 0.6) is 5.75 Å². The Labute approximate surface area is 131 Å². The number of aliphatic hydroxyl groups is 1. The van der Waals surface area contributed by atoms with Crippen LogP contribution in [0, 0.1) is 5.82 Å². The molecule has 21 heavy (non-hydrogen) atoms. The predicted octanol–water partition coefficient (Wildman–Crippen LogP) is 3.33. The van der Waals surface area contributed by atoms with Crippen molar-refractivity contribution >= 4 is 11.8 Å². The summed E-state index contributed by atoms with van der Waals surface area (Å²) in [7, 11) is 3.53. The minimum atomic E-state index is -0.851. The molecule has 3 nitrogen and oxygen atoms in total. The smallest absolute Gasteiger partial charge is 0.132 e. The summed E-state index contributed by atoms with van der Waals surface area (Å²) in [6.45, 7) is 2.89. The summed E-state index contributed by atoms with van der Waals surface area (Å²) in [5.74, 6) is 1.11. The molecule has 0 heterocycles. The molecule has 2 atom stereocenters. The number of thioether (sulfide) groups is 1. The number of halogens is 1. The highest BCUT2D eigenvalue weighted by Crippen LogP contribution is 2.29. The summed E-state index contributed by atoms with van der Waals surface area (Å²) in [5, 5.41) is 10.3. The SMILES string of the molecule is COc1cccc(F)c1C(O)CCN(C)C(C)CCSC. The largest absolute Gasteiger partial charge is 0.496 e. The first-order valence-corrected chi connectivity index (χ1v) is 8.60. The number of ether oxygens (including phenoxy) is 1. The van der Waals surface area contributed by atoms with Gasteiger partial charge in [0.25, 0.3) is 0 Å². The fraction of sp³-hybridized carbons (Fsp3) is 0.625. The van der Waals surface area contributed by atoms with Gasteiger partial charge in [0.15, 0.2) is 0 Å². The molecular weight excluding hydrogens is 289 g/mol. The van der Waals surface area contributed by atoms with E-state index in [1.165, 1.54) is 13.2 Å². The first kappa shape index (κ1) is 18.3. The molecule has 5 heteroatoms. The average molecular weight is 315 g/mol. The van der Waals surface area contributed by atoms with Crippen LogP contribution in [0.3, 0.4) is 0 Å². The van der Waals surface area contributed by atoms with Gasteiger partial charge < -0.3 is 14.7 Å². The Kier molecular flexibility index (Phi) is 8.07. The first-order valence-electron chi connectivity index (χ1n) is 7.20. The van der Waals surface area contributed by atoms with Crippen molar-refractivity contribution in [2.24, 2.45) is 0 Å². The zero-order chi connectivity index (χ0) is 15.8. The van der Waals surface area contributed by atoms with Gasteiger partial charge in [0.05, 0.1) is 18.8 Å². The maximum Gasteiger partial charge on any atom is 0.132 e. The lowest BCUT2D eigenvalue weighted by atomic mass is 10.0. The van der Waals surface area contributed by atoms with Crippen LogP contribution in [0.15, 0.2) is 18.2 Å². The molecule has 1 N–H and O–H groups in total. The third kappa shape index (κ3) is 5.49.